The van der Waals surface area contributed by atoms with Crippen LogP contribution in [0.1, 0.15) is 5.56 Å². The standard InChI is InChI=1S/C8H7Cl2NS/c1-12-8(11)6-4-5(9)2-3-7(6)10/h2-4,11H,1H3. The van der Waals surface area contributed by atoms with Gasteiger partial charge in [0.25, 0.3) is 0 Å². The molecule has 0 unspecified atom stereocenters. The van der Waals surface area contributed by atoms with E-state index in [1.54, 1.807) is 18.2 Å². The van der Waals surface area contributed by atoms with E-state index in [9.17, 15) is 0 Å². The van der Waals surface area contributed by atoms with Crippen LogP contribution in [0.4, 0.5) is 0 Å². The molecule has 1 aromatic carbocycles. The van der Waals surface area contributed by atoms with Gasteiger partial charge in [-0.15, -0.1) is 11.8 Å². The third-order valence-electron chi connectivity index (χ3n) is 1.38. The molecule has 1 aromatic rings. The summed E-state index contributed by atoms with van der Waals surface area (Å²) in [6.07, 6.45) is 1.83. The van der Waals surface area contributed by atoms with E-state index in [0.717, 1.165) is 0 Å². The average molecular weight is 220 g/mol. The van der Waals surface area contributed by atoms with Crippen molar-refractivity contribution in [3.63, 3.8) is 0 Å². The summed E-state index contributed by atoms with van der Waals surface area (Å²) in [5.41, 5.74) is 0.691. The molecule has 0 aliphatic rings. The van der Waals surface area contributed by atoms with Gasteiger partial charge in [-0.25, -0.2) is 0 Å². The number of hydrogen-bond acceptors (Lipinski definition) is 2. The molecule has 0 radical (unpaired) electrons. The number of benzene rings is 1. The van der Waals surface area contributed by atoms with Gasteiger partial charge in [-0.1, -0.05) is 23.2 Å². The van der Waals surface area contributed by atoms with Gasteiger partial charge in [0.1, 0.15) is 0 Å². The van der Waals surface area contributed by atoms with Gasteiger partial charge in [-0.05, 0) is 24.5 Å². The minimum atomic E-state index is 0.433. The molecule has 0 saturated heterocycles. The largest absolute Gasteiger partial charge is 0.293 e. The zero-order valence-electron chi connectivity index (χ0n) is 6.40. The summed E-state index contributed by atoms with van der Waals surface area (Å²) in [4.78, 5) is 0. The van der Waals surface area contributed by atoms with Crippen LogP contribution in [0, 0.1) is 5.41 Å². The molecule has 1 N–H and O–H groups in total. The summed E-state index contributed by atoms with van der Waals surface area (Å²) >= 11 is 13.0. The van der Waals surface area contributed by atoms with E-state index in [4.69, 9.17) is 28.6 Å². The lowest BCUT2D eigenvalue weighted by atomic mass is 10.2. The van der Waals surface area contributed by atoms with Crippen molar-refractivity contribution in [2.45, 2.75) is 0 Å². The molecule has 4 heteroatoms. The van der Waals surface area contributed by atoms with Gasteiger partial charge in [0.05, 0.1) is 10.1 Å². The summed E-state index contributed by atoms with van der Waals surface area (Å²) < 4.78 is 0. The molecular formula is C8H7Cl2NS. The fourth-order valence-corrected chi connectivity index (χ4v) is 1.61. The van der Waals surface area contributed by atoms with Crippen molar-refractivity contribution in [3.05, 3.63) is 33.8 Å². The van der Waals surface area contributed by atoms with E-state index in [0.29, 0.717) is 20.7 Å². The number of thioether (sulfide) groups is 1. The highest BCUT2D eigenvalue weighted by Crippen LogP contribution is 2.23. The second-order valence-electron chi connectivity index (χ2n) is 2.16. The van der Waals surface area contributed by atoms with Gasteiger partial charge in [0.2, 0.25) is 0 Å². The fraction of sp³-hybridized carbons (Fsp3) is 0.125. The molecule has 0 amide bonds. The van der Waals surface area contributed by atoms with Gasteiger partial charge < -0.3 is 0 Å². The molecular weight excluding hydrogens is 213 g/mol. The van der Waals surface area contributed by atoms with Crippen LogP contribution in [0.3, 0.4) is 0 Å². The predicted molar refractivity (Wildman–Crippen MR) is 56.8 cm³/mol. The molecule has 0 aromatic heterocycles. The Kier molecular flexibility index (Phi) is 3.44. The normalized spacial score (nSPS) is 9.92. The molecule has 1 rings (SSSR count). The minimum Gasteiger partial charge on any atom is -0.293 e. The van der Waals surface area contributed by atoms with Crippen LogP contribution in [0.5, 0.6) is 0 Å². The van der Waals surface area contributed by atoms with Crippen molar-refractivity contribution in [1.82, 2.24) is 0 Å². The van der Waals surface area contributed by atoms with Crippen LogP contribution >= 0.6 is 35.0 Å². The first kappa shape index (κ1) is 9.90. The number of hydrogen-bond donors (Lipinski definition) is 1. The van der Waals surface area contributed by atoms with Crippen molar-refractivity contribution in [2.24, 2.45) is 0 Å². The Bertz CT molecular complexity index is 312. The molecule has 0 atom stereocenters. The van der Waals surface area contributed by atoms with Crippen molar-refractivity contribution >= 4 is 40.0 Å². The topological polar surface area (TPSA) is 23.9 Å². The van der Waals surface area contributed by atoms with E-state index in [-0.39, 0.29) is 0 Å². The smallest absolute Gasteiger partial charge is 0.0955 e. The monoisotopic (exact) mass is 219 g/mol. The first-order chi connectivity index (χ1) is 5.65. The Balaban J connectivity index is 3.13. The number of rotatable bonds is 1. The first-order valence-electron chi connectivity index (χ1n) is 3.23. The Morgan fingerprint density at radius 1 is 1.42 bits per heavy atom. The van der Waals surface area contributed by atoms with E-state index in [1.807, 2.05) is 6.26 Å². The molecule has 0 aliphatic carbocycles. The zero-order valence-corrected chi connectivity index (χ0v) is 8.72. The lowest BCUT2D eigenvalue weighted by molar-refractivity contribution is 1.53. The maximum atomic E-state index is 7.54. The second kappa shape index (κ2) is 4.17. The first-order valence-corrected chi connectivity index (χ1v) is 5.21. The molecule has 0 aliphatic heterocycles. The van der Waals surface area contributed by atoms with Crippen LogP contribution in [-0.4, -0.2) is 11.3 Å². The predicted octanol–water partition coefficient (Wildman–Crippen LogP) is 3.68. The van der Waals surface area contributed by atoms with Crippen LogP contribution in [-0.2, 0) is 0 Å². The van der Waals surface area contributed by atoms with E-state index in [1.165, 1.54) is 11.8 Å². The molecule has 0 fully saturated rings. The summed E-state index contributed by atoms with van der Waals surface area (Å²) in [7, 11) is 0. The molecule has 1 nitrogen and oxygen atoms in total. The fourth-order valence-electron chi connectivity index (χ4n) is 0.781. The minimum absolute atomic E-state index is 0.433. The Hall–Kier alpha value is -0.180. The van der Waals surface area contributed by atoms with Crippen LogP contribution in [0.25, 0.3) is 0 Å². The SMILES string of the molecule is CSC(=N)c1cc(Cl)ccc1Cl. The van der Waals surface area contributed by atoms with Crippen molar-refractivity contribution in [1.29, 1.82) is 5.41 Å². The summed E-state index contributed by atoms with van der Waals surface area (Å²) in [6.45, 7) is 0. The molecule has 0 heterocycles. The zero-order chi connectivity index (χ0) is 9.14. The average Bonchev–Trinajstić information content (AvgIpc) is 2.08. The summed E-state index contributed by atoms with van der Waals surface area (Å²) in [5, 5.41) is 9.14. The molecule has 0 spiro atoms. The maximum absolute atomic E-state index is 7.54. The number of nitrogens with one attached hydrogen (secondary N) is 1. The highest BCUT2D eigenvalue weighted by molar-refractivity contribution is 8.13. The van der Waals surface area contributed by atoms with E-state index < -0.39 is 0 Å². The number of halogens is 2. The second-order valence-corrected chi connectivity index (χ2v) is 3.82. The van der Waals surface area contributed by atoms with Crippen molar-refractivity contribution < 1.29 is 0 Å². The quantitative estimate of drug-likeness (QED) is 0.566. The molecule has 64 valence electrons. The highest BCUT2D eigenvalue weighted by atomic mass is 35.5. The van der Waals surface area contributed by atoms with Gasteiger partial charge >= 0.3 is 0 Å². The van der Waals surface area contributed by atoms with Crippen LogP contribution in [0.2, 0.25) is 10.0 Å². The van der Waals surface area contributed by atoms with Crippen LogP contribution in [0.15, 0.2) is 18.2 Å². The molecule has 0 bridgehead atoms. The summed E-state index contributed by atoms with van der Waals surface area (Å²) in [5.74, 6) is 0. The van der Waals surface area contributed by atoms with Gasteiger partial charge in [0, 0.05) is 10.6 Å². The lowest BCUT2D eigenvalue weighted by Gasteiger charge is -2.03. The highest BCUT2D eigenvalue weighted by Gasteiger charge is 2.05. The Morgan fingerprint density at radius 2 is 2.08 bits per heavy atom. The van der Waals surface area contributed by atoms with Crippen LogP contribution < -0.4 is 0 Å². The third-order valence-corrected chi connectivity index (χ3v) is 2.57. The van der Waals surface area contributed by atoms with Gasteiger partial charge in [0.15, 0.2) is 0 Å². The Labute approximate surface area is 85.6 Å². The van der Waals surface area contributed by atoms with E-state index in [2.05, 4.69) is 0 Å². The molecule has 0 saturated carbocycles. The van der Waals surface area contributed by atoms with Gasteiger partial charge in [-0.3, -0.25) is 5.41 Å². The lowest BCUT2D eigenvalue weighted by Crippen LogP contribution is -1.92. The third kappa shape index (κ3) is 2.16. The van der Waals surface area contributed by atoms with Crippen molar-refractivity contribution in [3.8, 4) is 0 Å². The van der Waals surface area contributed by atoms with Crippen molar-refractivity contribution in [2.75, 3.05) is 6.26 Å². The summed E-state index contributed by atoms with van der Waals surface area (Å²) in [6, 6.07) is 5.10. The maximum Gasteiger partial charge on any atom is 0.0955 e. The van der Waals surface area contributed by atoms with Gasteiger partial charge in [-0.2, -0.15) is 0 Å². The molecule has 12 heavy (non-hydrogen) atoms. The Morgan fingerprint density at radius 3 is 2.67 bits per heavy atom. The van der Waals surface area contributed by atoms with E-state index >= 15 is 0 Å².